The molecule has 0 aliphatic heterocycles. The predicted octanol–water partition coefficient (Wildman–Crippen LogP) is 3.25. The molecule has 0 heterocycles. The van der Waals surface area contributed by atoms with Crippen molar-refractivity contribution in [1.82, 2.24) is 0 Å². The number of hydrogen-bond acceptors (Lipinski definition) is 5. The molecule has 114 valence electrons. The zero-order valence-electron chi connectivity index (χ0n) is 12.4. The van der Waals surface area contributed by atoms with Crippen LogP contribution in [0.2, 0.25) is 0 Å². The smallest absolute Gasteiger partial charge is 0.195 e. The average molecular weight is 299 g/mol. The maximum atomic E-state index is 10.8. The second kappa shape index (κ2) is 5.42. The normalized spacial score (nSPS) is 20.5. The Balaban J connectivity index is 2.04. The van der Waals surface area contributed by atoms with E-state index in [1.807, 2.05) is 42.5 Å². The van der Waals surface area contributed by atoms with Crippen molar-refractivity contribution < 1.29 is 14.7 Å². The SMILES string of the molecule is COc1ccc2c(c1)C(ON=O)(c1ccc(C(C)O)cc1)C2. The number of nitrogens with zero attached hydrogens (tertiary/aromatic N) is 1. The van der Waals surface area contributed by atoms with Gasteiger partial charge in [0.05, 0.1) is 13.2 Å². The monoisotopic (exact) mass is 299 g/mol. The van der Waals surface area contributed by atoms with Gasteiger partial charge in [-0.2, -0.15) is 0 Å². The summed E-state index contributed by atoms with van der Waals surface area (Å²) in [7, 11) is 1.60. The van der Waals surface area contributed by atoms with E-state index < -0.39 is 11.7 Å². The van der Waals surface area contributed by atoms with Crippen molar-refractivity contribution in [2.45, 2.75) is 25.0 Å². The summed E-state index contributed by atoms with van der Waals surface area (Å²) >= 11 is 0. The van der Waals surface area contributed by atoms with Gasteiger partial charge in [-0.1, -0.05) is 30.3 Å². The Morgan fingerprint density at radius 1 is 1.23 bits per heavy atom. The molecule has 5 nitrogen and oxygen atoms in total. The lowest BCUT2D eigenvalue weighted by Gasteiger charge is -2.41. The Kier molecular flexibility index (Phi) is 3.58. The molecule has 1 aliphatic carbocycles. The molecule has 22 heavy (non-hydrogen) atoms. The molecule has 0 spiro atoms. The first-order valence-corrected chi connectivity index (χ1v) is 7.07. The maximum absolute atomic E-state index is 10.8. The van der Waals surface area contributed by atoms with E-state index in [4.69, 9.17) is 9.57 Å². The van der Waals surface area contributed by atoms with Gasteiger partial charge in [0.15, 0.2) is 10.9 Å². The van der Waals surface area contributed by atoms with Crippen LogP contribution < -0.4 is 4.74 Å². The number of rotatable bonds is 5. The minimum atomic E-state index is -0.872. The van der Waals surface area contributed by atoms with Crippen molar-refractivity contribution in [2.24, 2.45) is 5.34 Å². The van der Waals surface area contributed by atoms with Crippen LogP contribution in [0.25, 0.3) is 0 Å². The summed E-state index contributed by atoms with van der Waals surface area (Å²) in [5, 5.41) is 12.3. The summed E-state index contributed by atoms with van der Waals surface area (Å²) in [6, 6.07) is 13.1. The second-order valence-electron chi connectivity index (χ2n) is 5.49. The first-order valence-electron chi connectivity index (χ1n) is 7.07. The second-order valence-corrected chi connectivity index (χ2v) is 5.49. The molecule has 3 rings (SSSR count). The zero-order chi connectivity index (χ0) is 15.7. The number of benzene rings is 2. The molecular weight excluding hydrogens is 282 g/mol. The van der Waals surface area contributed by atoms with Crippen molar-refractivity contribution in [3.05, 3.63) is 69.6 Å². The molecule has 0 saturated heterocycles. The fourth-order valence-electron chi connectivity index (χ4n) is 2.96. The summed E-state index contributed by atoms with van der Waals surface area (Å²) < 4.78 is 5.24. The van der Waals surface area contributed by atoms with E-state index in [9.17, 15) is 10.0 Å². The van der Waals surface area contributed by atoms with Crippen LogP contribution in [0.4, 0.5) is 0 Å². The van der Waals surface area contributed by atoms with Crippen LogP contribution in [0.15, 0.2) is 47.8 Å². The van der Waals surface area contributed by atoms with Crippen molar-refractivity contribution in [1.29, 1.82) is 0 Å². The van der Waals surface area contributed by atoms with Crippen LogP contribution in [-0.4, -0.2) is 12.2 Å². The summed E-state index contributed by atoms with van der Waals surface area (Å²) in [4.78, 5) is 16.0. The molecule has 5 heteroatoms. The van der Waals surface area contributed by atoms with E-state index in [1.54, 1.807) is 14.0 Å². The summed E-state index contributed by atoms with van der Waals surface area (Å²) in [5.41, 5.74) is 2.75. The topological polar surface area (TPSA) is 68.1 Å². The third-order valence-electron chi connectivity index (χ3n) is 4.24. The van der Waals surface area contributed by atoms with Gasteiger partial charge in [-0.05, 0) is 30.2 Å². The molecule has 0 aromatic heterocycles. The molecule has 0 bridgehead atoms. The molecule has 2 aromatic rings. The van der Waals surface area contributed by atoms with E-state index >= 15 is 0 Å². The van der Waals surface area contributed by atoms with Gasteiger partial charge in [0.2, 0.25) is 0 Å². The fraction of sp³-hybridized carbons (Fsp3) is 0.294. The van der Waals surface area contributed by atoms with Crippen molar-refractivity contribution in [3.63, 3.8) is 0 Å². The van der Waals surface area contributed by atoms with E-state index in [-0.39, 0.29) is 0 Å². The van der Waals surface area contributed by atoms with Gasteiger partial charge in [-0.15, -0.1) is 4.91 Å². The highest BCUT2D eigenvalue weighted by molar-refractivity contribution is 5.54. The van der Waals surface area contributed by atoms with E-state index in [0.29, 0.717) is 12.2 Å². The standard InChI is InChI=1S/C17H17NO4/c1-11(19)12-3-6-14(7-4-12)17(22-18-20)10-13-5-8-15(21-2)9-16(13)17/h3-9,11,19H,10H2,1-2H3. The molecular formula is C17H17NO4. The molecule has 1 N–H and O–H groups in total. The Hall–Kier alpha value is -2.40. The van der Waals surface area contributed by atoms with Gasteiger partial charge in [0.1, 0.15) is 5.75 Å². The van der Waals surface area contributed by atoms with Gasteiger partial charge in [-0.3, -0.25) is 0 Å². The number of methoxy groups -OCH3 is 1. The van der Waals surface area contributed by atoms with Gasteiger partial charge in [0.25, 0.3) is 0 Å². The lowest BCUT2D eigenvalue weighted by Crippen LogP contribution is -2.41. The Labute approximate surface area is 128 Å². The van der Waals surface area contributed by atoms with Crippen LogP contribution in [0, 0.1) is 4.91 Å². The molecule has 0 fully saturated rings. The number of fused-ring (bicyclic) bond motifs is 1. The highest BCUT2D eigenvalue weighted by Gasteiger charge is 2.48. The van der Waals surface area contributed by atoms with Gasteiger partial charge < -0.3 is 14.7 Å². The van der Waals surface area contributed by atoms with E-state index in [2.05, 4.69) is 5.34 Å². The molecule has 1 aliphatic rings. The van der Waals surface area contributed by atoms with E-state index in [0.717, 1.165) is 22.3 Å². The average Bonchev–Trinajstić information content (AvgIpc) is 2.52. The fourth-order valence-corrected chi connectivity index (χ4v) is 2.96. The van der Waals surface area contributed by atoms with Crippen molar-refractivity contribution in [2.75, 3.05) is 7.11 Å². The number of hydrogen-bond donors (Lipinski definition) is 1. The lowest BCUT2D eigenvalue weighted by molar-refractivity contribution is -0.0364. The summed E-state index contributed by atoms with van der Waals surface area (Å²) in [6.45, 7) is 1.71. The van der Waals surface area contributed by atoms with Crippen LogP contribution in [-0.2, 0) is 16.9 Å². The van der Waals surface area contributed by atoms with Crippen LogP contribution in [0.3, 0.4) is 0 Å². The summed E-state index contributed by atoms with van der Waals surface area (Å²) in [6.07, 6.45) is 0.0374. The minimum absolute atomic E-state index is 0.538. The lowest BCUT2D eigenvalue weighted by atomic mass is 9.69. The van der Waals surface area contributed by atoms with Gasteiger partial charge in [0, 0.05) is 17.5 Å². The third kappa shape index (κ3) is 2.14. The minimum Gasteiger partial charge on any atom is -0.497 e. The number of aliphatic hydroxyl groups excluding tert-OH is 1. The van der Waals surface area contributed by atoms with Gasteiger partial charge >= 0.3 is 0 Å². The zero-order valence-corrected chi connectivity index (χ0v) is 12.4. The van der Waals surface area contributed by atoms with E-state index in [1.165, 1.54) is 0 Å². The maximum Gasteiger partial charge on any atom is 0.195 e. The van der Waals surface area contributed by atoms with Crippen molar-refractivity contribution >= 4 is 0 Å². The molecule has 0 radical (unpaired) electrons. The Morgan fingerprint density at radius 2 is 1.95 bits per heavy atom. The molecule has 2 atom stereocenters. The molecule has 0 saturated carbocycles. The Morgan fingerprint density at radius 3 is 2.55 bits per heavy atom. The first kappa shape index (κ1) is 14.5. The van der Waals surface area contributed by atoms with Crippen LogP contribution >= 0.6 is 0 Å². The predicted molar refractivity (Wildman–Crippen MR) is 81.4 cm³/mol. The first-order chi connectivity index (χ1) is 10.6. The van der Waals surface area contributed by atoms with Gasteiger partial charge in [-0.25, -0.2) is 0 Å². The molecule has 0 amide bonds. The number of ether oxygens (including phenoxy) is 1. The van der Waals surface area contributed by atoms with Crippen LogP contribution in [0.5, 0.6) is 5.75 Å². The third-order valence-corrected chi connectivity index (χ3v) is 4.24. The summed E-state index contributed by atoms with van der Waals surface area (Å²) in [5.74, 6) is 0.706. The molecule has 2 unspecified atom stereocenters. The molecule has 2 aromatic carbocycles. The highest BCUT2D eigenvalue weighted by atomic mass is 16.7. The number of aliphatic hydroxyl groups is 1. The van der Waals surface area contributed by atoms with Crippen LogP contribution in [0.1, 0.15) is 35.3 Å². The van der Waals surface area contributed by atoms with Crippen molar-refractivity contribution in [3.8, 4) is 5.75 Å². The quantitative estimate of drug-likeness (QED) is 0.679. The highest BCUT2D eigenvalue weighted by Crippen LogP contribution is 2.48. The largest absolute Gasteiger partial charge is 0.497 e. The Bertz CT molecular complexity index is 696.